The smallest absolute Gasteiger partial charge is 0.261 e. The van der Waals surface area contributed by atoms with Gasteiger partial charge in [-0.2, -0.15) is 0 Å². The Morgan fingerprint density at radius 3 is 2.88 bits per heavy atom. The third-order valence-corrected chi connectivity index (χ3v) is 4.28. The van der Waals surface area contributed by atoms with Gasteiger partial charge in [-0.05, 0) is 36.1 Å². The first kappa shape index (κ1) is 11.6. The summed E-state index contributed by atoms with van der Waals surface area (Å²) in [7, 11) is 0. The SMILES string of the molecule is FC1(F)CCN(C2CCc3cc(Br)ccc32)C1. The number of likely N-dealkylation sites (tertiary alicyclic amines) is 1. The maximum atomic E-state index is 13.2. The highest BCUT2D eigenvalue weighted by Crippen LogP contribution is 2.41. The minimum absolute atomic E-state index is 0.00929. The van der Waals surface area contributed by atoms with Crippen molar-refractivity contribution >= 4 is 15.9 Å². The van der Waals surface area contributed by atoms with Crippen molar-refractivity contribution in [2.75, 3.05) is 13.1 Å². The van der Waals surface area contributed by atoms with E-state index in [1.54, 1.807) is 0 Å². The molecule has 1 heterocycles. The molecule has 92 valence electrons. The van der Waals surface area contributed by atoms with E-state index in [2.05, 4.69) is 28.1 Å². The molecule has 1 atom stereocenters. The van der Waals surface area contributed by atoms with Gasteiger partial charge in [0.1, 0.15) is 0 Å². The monoisotopic (exact) mass is 301 g/mol. The van der Waals surface area contributed by atoms with Crippen molar-refractivity contribution in [3.8, 4) is 0 Å². The molecule has 0 N–H and O–H groups in total. The summed E-state index contributed by atoms with van der Waals surface area (Å²) in [6.45, 7) is 0.445. The molecule has 1 aromatic rings. The van der Waals surface area contributed by atoms with Crippen LogP contribution in [-0.4, -0.2) is 23.9 Å². The lowest BCUT2D eigenvalue weighted by atomic mass is 10.1. The molecule has 1 aliphatic carbocycles. The largest absolute Gasteiger partial charge is 0.290 e. The Morgan fingerprint density at radius 1 is 1.35 bits per heavy atom. The first-order valence-corrected chi connectivity index (χ1v) is 6.75. The fraction of sp³-hybridized carbons (Fsp3) is 0.538. The van der Waals surface area contributed by atoms with Crippen molar-refractivity contribution in [2.24, 2.45) is 0 Å². The van der Waals surface area contributed by atoms with Crippen LogP contribution in [0, 0.1) is 0 Å². The molecule has 1 aliphatic heterocycles. The summed E-state index contributed by atoms with van der Waals surface area (Å²) in [6, 6.07) is 6.40. The molecular formula is C13H14BrF2N. The summed E-state index contributed by atoms with van der Waals surface area (Å²) in [4.78, 5) is 1.94. The Hall–Kier alpha value is -0.480. The van der Waals surface area contributed by atoms with Crippen LogP contribution < -0.4 is 0 Å². The third-order valence-electron chi connectivity index (χ3n) is 3.79. The lowest BCUT2D eigenvalue weighted by Crippen LogP contribution is -2.28. The Morgan fingerprint density at radius 2 is 2.18 bits per heavy atom. The van der Waals surface area contributed by atoms with Gasteiger partial charge < -0.3 is 0 Å². The first-order chi connectivity index (χ1) is 8.05. The molecule has 1 unspecified atom stereocenters. The fourth-order valence-electron chi connectivity index (χ4n) is 2.97. The molecule has 3 rings (SSSR count). The molecule has 0 saturated carbocycles. The van der Waals surface area contributed by atoms with Crippen LogP contribution in [-0.2, 0) is 6.42 Å². The molecule has 1 aromatic carbocycles. The third kappa shape index (κ3) is 2.13. The molecule has 1 saturated heterocycles. The number of hydrogen-bond acceptors (Lipinski definition) is 1. The van der Waals surface area contributed by atoms with Crippen LogP contribution in [0.25, 0.3) is 0 Å². The number of rotatable bonds is 1. The molecule has 0 aromatic heterocycles. The maximum absolute atomic E-state index is 13.2. The lowest BCUT2D eigenvalue weighted by Gasteiger charge is -2.24. The van der Waals surface area contributed by atoms with Crippen molar-refractivity contribution in [2.45, 2.75) is 31.2 Å². The second-order valence-corrected chi connectivity index (χ2v) is 5.89. The number of nitrogens with zero attached hydrogens (tertiary/aromatic N) is 1. The van der Waals surface area contributed by atoms with Gasteiger partial charge in [-0.3, -0.25) is 4.90 Å². The summed E-state index contributed by atoms with van der Waals surface area (Å²) in [6.07, 6.45) is 1.98. The van der Waals surface area contributed by atoms with Crippen molar-refractivity contribution in [3.63, 3.8) is 0 Å². The van der Waals surface area contributed by atoms with E-state index in [9.17, 15) is 8.78 Å². The number of benzene rings is 1. The van der Waals surface area contributed by atoms with E-state index in [0.717, 1.165) is 17.3 Å². The van der Waals surface area contributed by atoms with E-state index >= 15 is 0 Å². The molecule has 1 nitrogen and oxygen atoms in total. The van der Waals surface area contributed by atoms with Gasteiger partial charge in [0.25, 0.3) is 5.92 Å². The lowest BCUT2D eigenvalue weighted by molar-refractivity contribution is 0.00754. The molecule has 2 aliphatic rings. The molecule has 4 heteroatoms. The topological polar surface area (TPSA) is 3.24 Å². The van der Waals surface area contributed by atoms with Gasteiger partial charge >= 0.3 is 0 Å². The van der Waals surface area contributed by atoms with Crippen LogP contribution in [0.5, 0.6) is 0 Å². The second kappa shape index (κ2) is 4.02. The van der Waals surface area contributed by atoms with Crippen LogP contribution in [0.15, 0.2) is 22.7 Å². The molecule has 0 spiro atoms. The van der Waals surface area contributed by atoms with E-state index in [1.807, 2.05) is 11.0 Å². The number of alkyl halides is 2. The van der Waals surface area contributed by atoms with Gasteiger partial charge in [0.05, 0.1) is 6.54 Å². The van der Waals surface area contributed by atoms with E-state index in [1.165, 1.54) is 11.1 Å². The average molecular weight is 302 g/mol. The molecule has 17 heavy (non-hydrogen) atoms. The van der Waals surface area contributed by atoms with Crippen LogP contribution in [0.1, 0.15) is 30.0 Å². The Balaban J connectivity index is 1.85. The standard InChI is InChI=1S/C13H14BrF2N/c14-10-2-3-11-9(7-10)1-4-12(11)17-6-5-13(15,16)8-17/h2-3,7,12H,1,4-6,8H2. The zero-order valence-corrected chi connectivity index (χ0v) is 11.0. The van der Waals surface area contributed by atoms with Crippen LogP contribution >= 0.6 is 15.9 Å². The van der Waals surface area contributed by atoms with E-state index < -0.39 is 5.92 Å². The summed E-state index contributed by atoms with van der Waals surface area (Å²) in [5, 5.41) is 0. The van der Waals surface area contributed by atoms with Gasteiger partial charge in [-0.15, -0.1) is 0 Å². The molecule has 0 amide bonds. The summed E-state index contributed by atoms with van der Waals surface area (Å²) in [5.41, 5.74) is 2.55. The molecule has 0 radical (unpaired) electrons. The quantitative estimate of drug-likeness (QED) is 0.763. The van der Waals surface area contributed by atoms with Crippen LogP contribution in [0.2, 0.25) is 0 Å². The summed E-state index contributed by atoms with van der Waals surface area (Å²) >= 11 is 3.45. The van der Waals surface area contributed by atoms with Gasteiger partial charge in [-0.1, -0.05) is 22.0 Å². The maximum Gasteiger partial charge on any atom is 0.261 e. The van der Waals surface area contributed by atoms with Gasteiger partial charge in [0.15, 0.2) is 0 Å². The number of halogens is 3. The van der Waals surface area contributed by atoms with E-state index in [0.29, 0.717) is 6.54 Å². The highest BCUT2D eigenvalue weighted by molar-refractivity contribution is 9.10. The number of fused-ring (bicyclic) bond motifs is 1. The van der Waals surface area contributed by atoms with Crippen molar-refractivity contribution in [1.29, 1.82) is 0 Å². The Kier molecular flexibility index (Phi) is 2.75. The first-order valence-electron chi connectivity index (χ1n) is 5.95. The zero-order chi connectivity index (χ0) is 12.0. The number of hydrogen-bond donors (Lipinski definition) is 0. The minimum atomic E-state index is -2.49. The van der Waals surface area contributed by atoms with Crippen molar-refractivity contribution in [1.82, 2.24) is 4.90 Å². The second-order valence-electron chi connectivity index (χ2n) is 4.97. The molecular weight excluding hydrogens is 288 g/mol. The van der Waals surface area contributed by atoms with Gasteiger partial charge in [0.2, 0.25) is 0 Å². The minimum Gasteiger partial charge on any atom is -0.290 e. The predicted octanol–water partition coefficient (Wildman–Crippen LogP) is 3.78. The van der Waals surface area contributed by atoms with Crippen molar-refractivity contribution in [3.05, 3.63) is 33.8 Å². The summed E-state index contributed by atoms with van der Waals surface area (Å²) in [5.74, 6) is -2.49. The highest BCUT2D eigenvalue weighted by Gasteiger charge is 2.42. The zero-order valence-electron chi connectivity index (χ0n) is 9.43. The number of aryl methyl sites for hydroxylation is 1. The molecule has 1 fully saturated rings. The van der Waals surface area contributed by atoms with Crippen LogP contribution in [0.3, 0.4) is 0 Å². The normalized spacial score (nSPS) is 27.4. The van der Waals surface area contributed by atoms with Gasteiger partial charge in [0, 0.05) is 23.5 Å². The Bertz CT molecular complexity index is 447. The fourth-order valence-corrected chi connectivity index (χ4v) is 3.38. The molecule has 0 bridgehead atoms. The summed E-state index contributed by atoms with van der Waals surface area (Å²) < 4.78 is 27.6. The van der Waals surface area contributed by atoms with Gasteiger partial charge in [-0.25, -0.2) is 8.78 Å². The average Bonchev–Trinajstić information content (AvgIpc) is 2.80. The van der Waals surface area contributed by atoms with Crippen molar-refractivity contribution < 1.29 is 8.78 Å². The van der Waals surface area contributed by atoms with E-state index in [-0.39, 0.29) is 19.0 Å². The highest BCUT2D eigenvalue weighted by atomic mass is 79.9. The Labute approximate surface area is 108 Å². The van der Waals surface area contributed by atoms with Crippen LogP contribution in [0.4, 0.5) is 8.78 Å². The predicted molar refractivity (Wildman–Crippen MR) is 66.3 cm³/mol. The van der Waals surface area contributed by atoms with E-state index in [4.69, 9.17) is 0 Å².